The summed E-state index contributed by atoms with van der Waals surface area (Å²) in [4.78, 5) is 17.1. The largest absolute Gasteiger partial charge is 0.490 e. The third-order valence-electron chi connectivity index (χ3n) is 3.56. The van der Waals surface area contributed by atoms with E-state index in [0.29, 0.717) is 19.1 Å². The van der Waals surface area contributed by atoms with Crippen molar-refractivity contribution in [3.63, 3.8) is 0 Å². The second kappa shape index (κ2) is 7.77. The normalized spacial score (nSPS) is 15.7. The number of nitrogens with zero attached hydrogens (tertiary/aromatic N) is 5. The number of nitrogens with two attached hydrogens (primary N) is 1. The first-order valence-corrected chi connectivity index (χ1v) is 8.43. The highest BCUT2D eigenvalue weighted by atomic mass is 32.1. The number of pyridine rings is 1. The van der Waals surface area contributed by atoms with Crippen LogP contribution in [0.25, 0.3) is 0 Å². The molecule has 0 spiro atoms. The van der Waals surface area contributed by atoms with E-state index in [0.717, 1.165) is 37.1 Å². The Balaban J connectivity index is 1.41. The average molecular weight is 332 g/mol. The molecular weight excluding hydrogens is 312 g/mol. The van der Waals surface area contributed by atoms with Crippen molar-refractivity contribution in [3.05, 3.63) is 36.1 Å². The molecule has 0 aliphatic carbocycles. The minimum atomic E-state index is 0.492. The van der Waals surface area contributed by atoms with Crippen molar-refractivity contribution in [2.75, 3.05) is 44.2 Å². The van der Waals surface area contributed by atoms with Crippen molar-refractivity contribution in [1.82, 2.24) is 14.9 Å². The van der Waals surface area contributed by atoms with Gasteiger partial charge in [0.15, 0.2) is 11.1 Å². The number of piperazine rings is 1. The standard InChI is InChI=1S/C15H20N6OS/c16-14(18-4-10-22-13-2-1-3-17-12-13)20-6-8-21(9-7-20)15-19-5-11-23-15/h1-3,5,11-12H,4,6-10H2,(H2,16,18). The van der Waals surface area contributed by atoms with Gasteiger partial charge in [-0.1, -0.05) is 0 Å². The minimum absolute atomic E-state index is 0.492. The molecule has 0 radical (unpaired) electrons. The summed E-state index contributed by atoms with van der Waals surface area (Å²) in [6.07, 6.45) is 5.24. The second-order valence-electron chi connectivity index (χ2n) is 5.07. The van der Waals surface area contributed by atoms with Crippen molar-refractivity contribution in [2.45, 2.75) is 0 Å². The highest BCUT2D eigenvalue weighted by molar-refractivity contribution is 7.13. The van der Waals surface area contributed by atoms with E-state index in [-0.39, 0.29) is 0 Å². The SMILES string of the molecule is NC(=NCCOc1cccnc1)N1CCN(c2nccs2)CC1. The molecule has 7 nitrogen and oxygen atoms in total. The molecule has 0 aromatic carbocycles. The highest BCUT2D eigenvalue weighted by Crippen LogP contribution is 2.18. The van der Waals surface area contributed by atoms with Crippen LogP contribution in [-0.2, 0) is 0 Å². The Morgan fingerprint density at radius 3 is 2.87 bits per heavy atom. The Kier molecular flexibility index (Phi) is 5.25. The molecule has 1 aliphatic heterocycles. The monoisotopic (exact) mass is 332 g/mol. The second-order valence-corrected chi connectivity index (χ2v) is 5.94. The van der Waals surface area contributed by atoms with E-state index < -0.39 is 0 Å². The number of ether oxygens (including phenoxy) is 1. The van der Waals surface area contributed by atoms with Gasteiger partial charge in [-0.05, 0) is 12.1 Å². The average Bonchev–Trinajstić information content (AvgIpc) is 3.14. The van der Waals surface area contributed by atoms with Gasteiger partial charge in [-0.2, -0.15) is 0 Å². The van der Waals surface area contributed by atoms with Crippen LogP contribution in [0.3, 0.4) is 0 Å². The number of aromatic nitrogens is 2. The summed E-state index contributed by atoms with van der Waals surface area (Å²) in [7, 11) is 0. The predicted molar refractivity (Wildman–Crippen MR) is 92.1 cm³/mol. The molecule has 3 rings (SSSR count). The molecular formula is C15H20N6OS. The molecule has 0 unspecified atom stereocenters. The molecule has 0 atom stereocenters. The fraction of sp³-hybridized carbons (Fsp3) is 0.400. The Hall–Kier alpha value is -2.35. The molecule has 2 aromatic rings. The van der Waals surface area contributed by atoms with Crippen LogP contribution in [0.15, 0.2) is 41.1 Å². The first kappa shape index (κ1) is 15.5. The van der Waals surface area contributed by atoms with Gasteiger partial charge >= 0.3 is 0 Å². The number of thiazole rings is 1. The van der Waals surface area contributed by atoms with Gasteiger partial charge in [0, 0.05) is 44.0 Å². The molecule has 1 fully saturated rings. The molecule has 3 heterocycles. The summed E-state index contributed by atoms with van der Waals surface area (Å²) >= 11 is 1.67. The Bertz CT molecular complexity index is 610. The van der Waals surface area contributed by atoms with Crippen molar-refractivity contribution in [2.24, 2.45) is 10.7 Å². The van der Waals surface area contributed by atoms with Crippen LogP contribution in [0.4, 0.5) is 5.13 Å². The molecule has 0 bridgehead atoms. The van der Waals surface area contributed by atoms with Gasteiger partial charge in [-0.15, -0.1) is 11.3 Å². The summed E-state index contributed by atoms with van der Waals surface area (Å²) in [6.45, 7) is 4.57. The maximum absolute atomic E-state index is 6.07. The molecule has 1 aliphatic rings. The van der Waals surface area contributed by atoms with E-state index in [4.69, 9.17) is 10.5 Å². The summed E-state index contributed by atoms with van der Waals surface area (Å²) in [5.41, 5.74) is 6.07. The van der Waals surface area contributed by atoms with Crippen LogP contribution >= 0.6 is 11.3 Å². The van der Waals surface area contributed by atoms with Crippen LogP contribution in [0.1, 0.15) is 0 Å². The lowest BCUT2D eigenvalue weighted by atomic mass is 10.3. The Labute approximate surface area is 139 Å². The molecule has 23 heavy (non-hydrogen) atoms. The van der Waals surface area contributed by atoms with Crippen molar-refractivity contribution in [1.29, 1.82) is 0 Å². The molecule has 1 saturated heterocycles. The molecule has 122 valence electrons. The number of anilines is 1. The van der Waals surface area contributed by atoms with E-state index >= 15 is 0 Å². The van der Waals surface area contributed by atoms with Crippen LogP contribution in [0.5, 0.6) is 5.75 Å². The zero-order valence-corrected chi connectivity index (χ0v) is 13.7. The maximum Gasteiger partial charge on any atom is 0.191 e. The van der Waals surface area contributed by atoms with Gasteiger partial charge in [0.25, 0.3) is 0 Å². The Morgan fingerprint density at radius 2 is 2.17 bits per heavy atom. The zero-order valence-electron chi connectivity index (χ0n) is 12.8. The topological polar surface area (TPSA) is 79.9 Å². The maximum atomic E-state index is 6.07. The first-order valence-electron chi connectivity index (χ1n) is 7.55. The van der Waals surface area contributed by atoms with Crippen LogP contribution in [-0.4, -0.2) is 60.2 Å². The molecule has 0 saturated carbocycles. The van der Waals surface area contributed by atoms with Gasteiger partial charge in [-0.25, -0.2) is 9.98 Å². The van der Waals surface area contributed by atoms with E-state index in [2.05, 4.69) is 24.8 Å². The number of guanidine groups is 1. The summed E-state index contributed by atoms with van der Waals surface area (Å²) in [6, 6.07) is 3.72. The van der Waals surface area contributed by atoms with Crippen LogP contribution in [0.2, 0.25) is 0 Å². The van der Waals surface area contributed by atoms with Crippen molar-refractivity contribution in [3.8, 4) is 5.75 Å². The number of aliphatic imine (C=N–C) groups is 1. The first-order chi connectivity index (χ1) is 11.3. The lowest BCUT2D eigenvalue weighted by Gasteiger charge is -2.35. The van der Waals surface area contributed by atoms with Crippen molar-refractivity contribution < 1.29 is 4.74 Å². The van der Waals surface area contributed by atoms with E-state index in [1.165, 1.54) is 0 Å². The molecule has 2 N–H and O–H groups in total. The van der Waals surface area contributed by atoms with E-state index in [1.807, 2.05) is 23.7 Å². The molecule has 0 amide bonds. The van der Waals surface area contributed by atoms with Gasteiger partial charge < -0.3 is 20.3 Å². The summed E-state index contributed by atoms with van der Waals surface area (Å²) in [5.74, 6) is 1.33. The molecule has 2 aromatic heterocycles. The van der Waals surface area contributed by atoms with E-state index in [1.54, 1.807) is 23.7 Å². The van der Waals surface area contributed by atoms with Gasteiger partial charge in [-0.3, -0.25) is 4.98 Å². The lowest BCUT2D eigenvalue weighted by Crippen LogP contribution is -2.51. The zero-order chi connectivity index (χ0) is 15.9. The minimum Gasteiger partial charge on any atom is -0.490 e. The van der Waals surface area contributed by atoms with Gasteiger partial charge in [0.05, 0.1) is 12.7 Å². The fourth-order valence-corrected chi connectivity index (χ4v) is 3.05. The summed E-state index contributed by atoms with van der Waals surface area (Å²) < 4.78 is 5.55. The predicted octanol–water partition coefficient (Wildman–Crippen LogP) is 1.05. The van der Waals surface area contributed by atoms with Crippen molar-refractivity contribution >= 4 is 22.4 Å². The molecule has 8 heteroatoms. The van der Waals surface area contributed by atoms with E-state index in [9.17, 15) is 0 Å². The Morgan fingerprint density at radius 1 is 1.30 bits per heavy atom. The summed E-state index contributed by atoms with van der Waals surface area (Å²) in [5, 5.41) is 3.07. The number of rotatable bonds is 5. The smallest absolute Gasteiger partial charge is 0.191 e. The van der Waals surface area contributed by atoms with Crippen LogP contribution < -0.4 is 15.4 Å². The number of hydrogen-bond donors (Lipinski definition) is 1. The third-order valence-corrected chi connectivity index (χ3v) is 4.39. The quantitative estimate of drug-likeness (QED) is 0.501. The number of hydrogen-bond acceptors (Lipinski definition) is 6. The lowest BCUT2D eigenvalue weighted by molar-refractivity contribution is 0.325. The fourth-order valence-electron chi connectivity index (χ4n) is 2.36. The van der Waals surface area contributed by atoms with Crippen LogP contribution in [0, 0.1) is 0 Å². The highest BCUT2D eigenvalue weighted by Gasteiger charge is 2.19. The van der Waals surface area contributed by atoms with Gasteiger partial charge in [0.2, 0.25) is 0 Å². The third kappa shape index (κ3) is 4.32. The van der Waals surface area contributed by atoms with Gasteiger partial charge in [0.1, 0.15) is 12.4 Å².